The lowest BCUT2D eigenvalue weighted by Crippen LogP contribution is -2.57. The number of pyridine rings is 1. The number of hydrogen-bond acceptors (Lipinski definition) is 4. The van der Waals surface area contributed by atoms with E-state index in [0.717, 1.165) is 5.56 Å². The van der Waals surface area contributed by atoms with Crippen LogP contribution in [-0.4, -0.2) is 58.1 Å². The van der Waals surface area contributed by atoms with Crippen LogP contribution >= 0.6 is 11.6 Å². The van der Waals surface area contributed by atoms with E-state index in [1.165, 1.54) is 30.2 Å². The molecule has 0 N–H and O–H groups in total. The van der Waals surface area contributed by atoms with Gasteiger partial charge < -0.3 is 4.90 Å². The molecule has 1 fully saturated rings. The molecule has 0 spiro atoms. The molecule has 1 atom stereocenters. The van der Waals surface area contributed by atoms with E-state index in [2.05, 4.69) is 4.98 Å². The number of amides is 1. The van der Waals surface area contributed by atoms with Gasteiger partial charge in [0, 0.05) is 56.8 Å². The first-order valence-corrected chi connectivity index (χ1v) is 11.6. The second kappa shape index (κ2) is 10.4. The highest BCUT2D eigenvalue weighted by Crippen LogP contribution is 2.26. The molecule has 0 unspecified atom stereocenters. The van der Waals surface area contributed by atoms with Crippen molar-refractivity contribution in [1.82, 2.24) is 14.8 Å². The van der Waals surface area contributed by atoms with Gasteiger partial charge in [-0.25, -0.2) is 4.39 Å². The molecule has 2 aromatic rings. The largest absolute Gasteiger partial charge is 0.332 e. The highest BCUT2D eigenvalue weighted by atomic mass is 35.5. The molecule has 5 nitrogen and oxygen atoms in total. The molecule has 1 saturated heterocycles. The number of Topliss-reactive ketones (excluding diaryl/α,β-unsaturated/α-hetero) is 1. The number of hydrogen-bond donors (Lipinski definition) is 0. The number of piperazine rings is 1. The smallest absolute Gasteiger partial charge is 0.324 e. The first-order valence-electron chi connectivity index (χ1n) is 11.3. The summed E-state index contributed by atoms with van der Waals surface area (Å²) in [5.74, 6) is -5.18. The number of rotatable bonds is 7. The maximum atomic E-state index is 14.4. The minimum Gasteiger partial charge on any atom is -0.332 e. The van der Waals surface area contributed by atoms with Gasteiger partial charge in [-0.15, -0.1) is 0 Å². The Labute approximate surface area is 202 Å². The third-order valence-corrected chi connectivity index (χ3v) is 6.79. The molecular weight excluding hydrogens is 467 g/mol. The average Bonchev–Trinajstić information content (AvgIpc) is 2.78. The van der Waals surface area contributed by atoms with Gasteiger partial charge in [0.15, 0.2) is 5.78 Å². The van der Waals surface area contributed by atoms with Crippen LogP contribution in [0.5, 0.6) is 0 Å². The van der Waals surface area contributed by atoms with Crippen LogP contribution in [0.15, 0.2) is 24.4 Å². The number of carbonyl (C=O) groups is 2. The summed E-state index contributed by atoms with van der Waals surface area (Å²) in [5.41, 5.74) is 3.07. The van der Waals surface area contributed by atoms with E-state index in [1.807, 2.05) is 11.8 Å². The number of aromatic nitrogens is 1. The lowest BCUT2D eigenvalue weighted by molar-refractivity contribution is -0.162. The standard InChI is InChI=1S/C25H29ClF3N3O2/c1-5-25(28,29)24(34)32-7-6-31(13-15(32)2)14-20-9-21(27)8-18(16(20)3)11-23(33)19-10-22(26)17(4)30-12-19/h8-10,12,15H,5-7,11,13-14H2,1-4H3/t15-/m0/s1. The van der Waals surface area contributed by atoms with Crippen molar-refractivity contribution in [2.45, 2.75) is 59.0 Å². The summed E-state index contributed by atoms with van der Waals surface area (Å²) in [7, 11) is 0. The third-order valence-electron chi connectivity index (χ3n) is 6.41. The van der Waals surface area contributed by atoms with Crippen molar-refractivity contribution in [3.63, 3.8) is 0 Å². The van der Waals surface area contributed by atoms with Gasteiger partial charge in [-0.3, -0.25) is 19.5 Å². The Hall–Kier alpha value is -2.45. The molecular formula is C25H29ClF3N3O2. The molecule has 9 heteroatoms. The summed E-state index contributed by atoms with van der Waals surface area (Å²) in [6, 6.07) is 3.95. The maximum absolute atomic E-state index is 14.4. The lowest BCUT2D eigenvalue weighted by atomic mass is 9.95. The molecule has 0 bridgehead atoms. The van der Waals surface area contributed by atoms with Crippen LogP contribution in [0.25, 0.3) is 0 Å². The van der Waals surface area contributed by atoms with Crippen LogP contribution in [-0.2, 0) is 17.8 Å². The summed E-state index contributed by atoms with van der Waals surface area (Å²) in [4.78, 5) is 32.3. The Morgan fingerprint density at radius 1 is 1.18 bits per heavy atom. The Kier molecular flexibility index (Phi) is 8.03. The molecule has 34 heavy (non-hydrogen) atoms. The van der Waals surface area contributed by atoms with E-state index in [0.29, 0.717) is 47.0 Å². The van der Waals surface area contributed by atoms with Crippen LogP contribution in [0.4, 0.5) is 13.2 Å². The van der Waals surface area contributed by atoms with E-state index >= 15 is 0 Å². The van der Waals surface area contributed by atoms with Gasteiger partial charge in [0.25, 0.3) is 5.91 Å². The Balaban J connectivity index is 1.72. The zero-order valence-corrected chi connectivity index (χ0v) is 20.6. The van der Waals surface area contributed by atoms with E-state index < -0.39 is 30.1 Å². The zero-order chi connectivity index (χ0) is 25.2. The molecule has 1 amide bonds. The Bertz CT molecular complexity index is 1090. The van der Waals surface area contributed by atoms with Crippen molar-refractivity contribution in [2.24, 2.45) is 0 Å². The second-order valence-corrected chi connectivity index (χ2v) is 9.29. The van der Waals surface area contributed by atoms with Crippen molar-refractivity contribution >= 4 is 23.3 Å². The van der Waals surface area contributed by atoms with Crippen LogP contribution in [0.2, 0.25) is 5.02 Å². The molecule has 1 aliphatic heterocycles. The normalized spacial score (nSPS) is 17.2. The van der Waals surface area contributed by atoms with E-state index in [-0.39, 0.29) is 18.7 Å². The molecule has 1 aromatic heterocycles. The molecule has 0 aliphatic carbocycles. The molecule has 3 rings (SSSR count). The topological polar surface area (TPSA) is 53.5 Å². The van der Waals surface area contributed by atoms with Gasteiger partial charge in [-0.2, -0.15) is 8.78 Å². The predicted molar refractivity (Wildman–Crippen MR) is 125 cm³/mol. The first-order chi connectivity index (χ1) is 15.9. The highest BCUT2D eigenvalue weighted by molar-refractivity contribution is 6.31. The maximum Gasteiger partial charge on any atom is 0.324 e. The number of aryl methyl sites for hydroxylation is 1. The SMILES string of the molecule is CCC(F)(F)C(=O)N1CCN(Cc2cc(F)cc(CC(=O)c3cnc(C)c(Cl)c3)c2C)C[C@@H]1C. The number of benzene rings is 1. The predicted octanol–water partition coefficient (Wildman–Crippen LogP) is 4.99. The lowest BCUT2D eigenvalue weighted by Gasteiger charge is -2.41. The van der Waals surface area contributed by atoms with Crippen molar-refractivity contribution in [1.29, 1.82) is 0 Å². The number of halogens is 4. The van der Waals surface area contributed by atoms with Crippen molar-refractivity contribution < 1.29 is 22.8 Å². The summed E-state index contributed by atoms with van der Waals surface area (Å²) in [6.45, 7) is 7.96. The second-order valence-electron chi connectivity index (χ2n) is 8.88. The van der Waals surface area contributed by atoms with E-state index in [9.17, 15) is 22.8 Å². The molecule has 1 aliphatic rings. The molecule has 2 heterocycles. The number of ketones is 1. The minimum absolute atomic E-state index is 0.00243. The van der Waals surface area contributed by atoms with E-state index in [1.54, 1.807) is 19.9 Å². The Morgan fingerprint density at radius 2 is 1.85 bits per heavy atom. The quantitative estimate of drug-likeness (QED) is 0.508. The van der Waals surface area contributed by atoms with Crippen LogP contribution in [0.1, 0.15) is 53.0 Å². The van der Waals surface area contributed by atoms with Gasteiger partial charge in [-0.05, 0) is 55.7 Å². The van der Waals surface area contributed by atoms with Crippen molar-refractivity contribution in [3.8, 4) is 0 Å². The molecule has 0 radical (unpaired) electrons. The van der Waals surface area contributed by atoms with Gasteiger partial charge in [0.2, 0.25) is 0 Å². The number of alkyl halides is 2. The number of carbonyl (C=O) groups excluding carboxylic acids is 2. The third kappa shape index (κ3) is 5.78. The number of nitrogens with zero attached hydrogens (tertiary/aromatic N) is 3. The molecule has 1 aromatic carbocycles. The fraction of sp³-hybridized carbons (Fsp3) is 0.480. The zero-order valence-electron chi connectivity index (χ0n) is 19.8. The first kappa shape index (κ1) is 26.2. The van der Waals surface area contributed by atoms with Gasteiger partial charge in [0.05, 0.1) is 10.7 Å². The fourth-order valence-electron chi connectivity index (χ4n) is 4.16. The fourth-order valence-corrected chi connectivity index (χ4v) is 4.33. The van der Waals surface area contributed by atoms with Crippen LogP contribution in [0, 0.1) is 19.7 Å². The summed E-state index contributed by atoms with van der Waals surface area (Å²) in [5, 5.41) is 0.394. The monoisotopic (exact) mass is 495 g/mol. The van der Waals surface area contributed by atoms with Gasteiger partial charge >= 0.3 is 5.92 Å². The van der Waals surface area contributed by atoms with Gasteiger partial charge in [-0.1, -0.05) is 18.5 Å². The molecule has 184 valence electrons. The van der Waals surface area contributed by atoms with E-state index in [4.69, 9.17) is 11.6 Å². The minimum atomic E-state index is -3.37. The summed E-state index contributed by atoms with van der Waals surface area (Å²) >= 11 is 6.08. The van der Waals surface area contributed by atoms with Gasteiger partial charge in [0.1, 0.15) is 5.82 Å². The summed E-state index contributed by atoms with van der Waals surface area (Å²) < 4.78 is 42.2. The van der Waals surface area contributed by atoms with Crippen LogP contribution < -0.4 is 0 Å². The molecule has 0 saturated carbocycles. The summed E-state index contributed by atoms with van der Waals surface area (Å²) in [6.07, 6.45) is 0.930. The van der Waals surface area contributed by atoms with Crippen molar-refractivity contribution in [3.05, 3.63) is 63.2 Å². The Morgan fingerprint density at radius 3 is 2.47 bits per heavy atom. The van der Waals surface area contributed by atoms with Crippen LogP contribution in [0.3, 0.4) is 0 Å². The highest BCUT2D eigenvalue weighted by Gasteiger charge is 2.42. The average molecular weight is 496 g/mol. The van der Waals surface area contributed by atoms with Crippen molar-refractivity contribution in [2.75, 3.05) is 19.6 Å².